The van der Waals surface area contributed by atoms with Crippen LogP contribution in [0.2, 0.25) is 0 Å². The number of unbranched alkanes of at least 4 members (excludes halogenated alkanes) is 24. The molecule has 0 aromatic heterocycles. The van der Waals surface area contributed by atoms with Crippen LogP contribution in [0, 0.1) is 6.92 Å². The molecular formula is C43H78N2O5S. The number of carbonyl (C=O) groups excluding carboxylic acids is 2. The fourth-order valence-electron chi connectivity index (χ4n) is 7.00. The highest BCUT2D eigenvalue weighted by molar-refractivity contribution is 7.85. The second kappa shape index (κ2) is 29.5. The molecule has 0 amide bonds. The van der Waals surface area contributed by atoms with Gasteiger partial charge in [0.25, 0.3) is 10.1 Å². The molecule has 296 valence electrons. The number of hydrogen-bond donors (Lipinski definition) is 3. The molecule has 51 heavy (non-hydrogen) atoms. The Labute approximate surface area is 314 Å². The molecule has 0 aliphatic carbocycles. The van der Waals surface area contributed by atoms with Gasteiger partial charge in [-0.05, 0) is 51.3 Å². The number of ketones is 2. The predicted octanol–water partition coefficient (Wildman–Crippen LogP) is 12.9. The van der Waals surface area contributed by atoms with Gasteiger partial charge in [0.15, 0.2) is 11.6 Å². The summed E-state index contributed by atoms with van der Waals surface area (Å²) in [6, 6.07) is 1.86. The normalized spacial score (nSPS) is 12.9. The zero-order valence-corrected chi connectivity index (χ0v) is 34.4. The first kappa shape index (κ1) is 47.1. The number of benzene rings is 1. The Morgan fingerprint density at radius 3 is 1.02 bits per heavy atom. The molecule has 0 fully saturated rings. The van der Waals surface area contributed by atoms with E-state index >= 15 is 0 Å². The number of anilines is 2. The highest BCUT2D eigenvalue weighted by Gasteiger charge is 2.22. The maximum Gasteiger partial charge on any atom is 0.294 e. The zero-order valence-electron chi connectivity index (χ0n) is 33.6. The molecule has 0 heterocycles. The van der Waals surface area contributed by atoms with Crippen molar-refractivity contribution >= 4 is 33.1 Å². The first-order valence-electron chi connectivity index (χ1n) is 21.2. The molecule has 0 spiro atoms. The highest BCUT2D eigenvalue weighted by Crippen LogP contribution is 2.31. The Morgan fingerprint density at radius 2 is 0.784 bits per heavy atom. The van der Waals surface area contributed by atoms with Crippen molar-refractivity contribution in [3.8, 4) is 0 Å². The summed E-state index contributed by atoms with van der Waals surface area (Å²) in [7, 11) is -4.51. The molecule has 2 atom stereocenters. The molecule has 1 aromatic carbocycles. The van der Waals surface area contributed by atoms with E-state index in [2.05, 4.69) is 24.5 Å². The van der Waals surface area contributed by atoms with Gasteiger partial charge in [0, 0.05) is 11.4 Å². The largest absolute Gasteiger partial charge is 0.375 e. The lowest BCUT2D eigenvalue weighted by Crippen LogP contribution is -2.29. The van der Waals surface area contributed by atoms with Crippen LogP contribution in [0.1, 0.15) is 213 Å². The first-order chi connectivity index (χ1) is 24.5. The Bertz CT molecular complexity index is 1100. The lowest BCUT2D eigenvalue weighted by atomic mass is 10.0. The van der Waals surface area contributed by atoms with Gasteiger partial charge in [0.05, 0.1) is 17.0 Å². The number of nitrogens with one attached hydrogen (secondary N) is 2. The van der Waals surface area contributed by atoms with Gasteiger partial charge < -0.3 is 10.6 Å². The number of carbonyl (C=O) groups is 2. The number of rotatable bonds is 35. The van der Waals surface area contributed by atoms with E-state index in [1.807, 2.05) is 6.92 Å². The molecule has 7 nitrogen and oxygen atoms in total. The van der Waals surface area contributed by atoms with Gasteiger partial charge in [-0.3, -0.25) is 14.1 Å². The molecular weight excluding hydrogens is 657 g/mol. The third-order valence-corrected chi connectivity index (χ3v) is 11.3. The van der Waals surface area contributed by atoms with E-state index in [1.54, 1.807) is 13.8 Å². The van der Waals surface area contributed by atoms with E-state index in [9.17, 15) is 22.6 Å². The second-order valence-corrected chi connectivity index (χ2v) is 16.7. The van der Waals surface area contributed by atoms with Crippen molar-refractivity contribution < 1.29 is 22.6 Å². The zero-order chi connectivity index (χ0) is 37.7. The van der Waals surface area contributed by atoms with Gasteiger partial charge in [0.1, 0.15) is 0 Å². The number of Topliss-reactive ketones (excluding diaryl/α,β-unsaturated/α-hetero) is 2. The van der Waals surface area contributed by atoms with Crippen LogP contribution in [0.25, 0.3) is 0 Å². The van der Waals surface area contributed by atoms with Gasteiger partial charge in [-0.1, -0.05) is 181 Å². The SMILES string of the molecule is CCCCCCCCCCCCCCCC(Nc1cc(S(=O)(=O)O)cc(NC(CCCCCCCCCCCCCCC)C(C)=O)c1C)C(C)=O. The van der Waals surface area contributed by atoms with E-state index in [0.717, 1.165) is 44.1 Å². The van der Waals surface area contributed by atoms with E-state index in [0.29, 0.717) is 24.2 Å². The minimum absolute atomic E-state index is 0.0101. The fraction of sp³-hybridized carbons (Fsp3) is 0.814. The molecule has 0 aliphatic rings. The van der Waals surface area contributed by atoms with Crippen LogP contribution < -0.4 is 10.6 Å². The van der Waals surface area contributed by atoms with Crippen molar-refractivity contribution in [3.63, 3.8) is 0 Å². The standard InChI is InChI=1S/C43H78N2O5S/c1-6-8-10-12-14-16-18-20-22-24-26-28-30-32-40(37(4)46)44-42-34-39(51(48,49)50)35-43(36(42)3)45-41(38(5)47)33-31-29-27-25-23-21-19-17-15-13-11-9-7-2/h34-35,40-41,44-45H,6-33H2,1-5H3,(H,48,49,50). The van der Waals surface area contributed by atoms with Gasteiger partial charge in [-0.25, -0.2) is 0 Å². The molecule has 0 aliphatic heterocycles. The summed E-state index contributed by atoms with van der Waals surface area (Å²) in [6.07, 6.45) is 34.0. The van der Waals surface area contributed by atoms with Crippen molar-refractivity contribution in [1.82, 2.24) is 0 Å². The Balaban J connectivity index is 2.61. The number of hydrogen-bond acceptors (Lipinski definition) is 6. The third kappa shape index (κ3) is 23.4. The fourth-order valence-corrected chi connectivity index (χ4v) is 7.53. The quantitative estimate of drug-likeness (QED) is 0.0470. The summed E-state index contributed by atoms with van der Waals surface area (Å²) in [5, 5.41) is 6.58. The molecule has 1 aromatic rings. The topological polar surface area (TPSA) is 113 Å². The molecule has 0 radical (unpaired) electrons. The van der Waals surface area contributed by atoms with Crippen LogP contribution in [0.3, 0.4) is 0 Å². The second-order valence-electron chi connectivity index (χ2n) is 15.3. The van der Waals surface area contributed by atoms with Crippen molar-refractivity contribution in [1.29, 1.82) is 0 Å². The highest BCUT2D eigenvalue weighted by atomic mass is 32.2. The lowest BCUT2D eigenvalue weighted by Gasteiger charge is -2.24. The average Bonchev–Trinajstić information content (AvgIpc) is 3.08. The van der Waals surface area contributed by atoms with Crippen LogP contribution in [-0.2, 0) is 19.7 Å². The van der Waals surface area contributed by atoms with E-state index < -0.39 is 22.2 Å². The summed E-state index contributed by atoms with van der Waals surface area (Å²) in [6.45, 7) is 9.48. The monoisotopic (exact) mass is 735 g/mol. The third-order valence-electron chi connectivity index (χ3n) is 10.5. The van der Waals surface area contributed by atoms with Crippen molar-refractivity contribution in [2.45, 2.75) is 231 Å². The first-order valence-corrected chi connectivity index (χ1v) is 22.6. The van der Waals surface area contributed by atoms with Crippen LogP contribution in [0.4, 0.5) is 11.4 Å². The van der Waals surface area contributed by atoms with Crippen molar-refractivity contribution in [3.05, 3.63) is 17.7 Å². The maximum absolute atomic E-state index is 12.7. The van der Waals surface area contributed by atoms with Crippen LogP contribution in [0.5, 0.6) is 0 Å². The van der Waals surface area contributed by atoms with Gasteiger partial charge in [0.2, 0.25) is 0 Å². The Morgan fingerprint density at radius 1 is 0.529 bits per heavy atom. The van der Waals surface area contributed by atoms with E-state index in [1.165, 1.54) is 141 Å². The summed E-state index contributed by atoms with van der Waals surface area (Å²) in [4.78, 5) is 25.1. The predicted molar refractivity (Wildman–Crippen MR) is 218 cm³/mol. The summed E-state index contributed by atoms with van der Waals surface area (Å²) in [5.74, 6) is -0.0201. The van der Waals surface area contributed by atoms with E-state index in [-0.39, 0.29) is 16.5 Å². The summed E-state index contributed by atoms with van der Waals surface area (Å²) < 4.78 is 34.5. The minimum atomic E-state index is -4.51. The molecule has 2 unspecified atom stereocenters. The summed E-state index contributed by atoms with van der Waals surface area (Å²) in [5.41, 5.74) is 1.67. The average molecular weight is 735 g/mol. The smallest absolute Gasteiger partial charge is 0.294 e. The molecule has 0 bridgehead atoms. The van der Waals surface area contributed by atoms with Gasteiger partial charge in [-0.15, -0.1) is 0 Å². The molecule has 1 rings (SSSR count). The van der Waals surface area contributed by atoms with Crippen LogP contribution >= 0.6 is 0 Å². The van der Waals surface area contributed by atoms with Gasteiger partial charge >= 0.3 is 0 Å². The molecule has 0 saturated heterocycles. The maximum atomic E-state index is 12.7. The van der Waals surface area contributed by atoms with Crippen molar-refractivity contribution in [2.24, 2.45) is 0 Å². The van der Waals surface area contributed by atoms with E-state index in [4.69, 9.17) is 0 Å². The Kier molecular flexibility index (Phi) is 27.3. The lowest BCUT2D eigenvalue weighted by molar-refractivity contribution is -0.118. The molecule has 3 N–H and O–H groups in total. The minimum Gasteiger partial charge on any atom is -0.375 e. The van der Waals surface area contributed by atoms with Crippen LogP contribution in [-0.4, -0.2) is 36.6 Å². The summed E-state index contributed by atoms with van der Waals surface area (Å²) >= 11 is 0. The molecule has 8 heteroatoms. The van der Waals surface area contributed by atoms with Crippen LogP contribution in [0.15, 0.2) is 17.0 Å². The Hall–Kier alpha value is -1.93. The molecule has 0 saturated carbocycles. The van der Waals surface area contributed by atoms with Crippen molar-refractivity contribution in [2.75, 3.05) is 10.6 Å². The van der Waals surface area contributed by atoms with Gasteiger partial charge in [-0.2, -0.15) is 8.42 Å².